The van der Waals surface area contributed by atoms with Crippen LogP contribution in [-0.4, -0.2) is 44.8 Å². The number of aliphatic imine (C=N–C) groups is 1. The van der Waals surface area contributed by atoms with E-state index in [0.717, 1.165) is 29.0 Å². The van der Waals surface area contributed by atoms with Crippen LogP contribution >= 0.6 is 0 Å². The fourth-order valence-electron chi connectivity index (χ4n) is 3.06. The van der Waals surface area contributed by atoms with Crippen LogP contribution in [-0.2, 0) is 17.8 Å². The number of rotatable bonds is 12. The normalized spacial score (nSPS) is 11.2. The second-order valence-electron chi connectivity index (χ2n) is 7.27. The van der Waals surface area contributed by atoms with Crippen LogP contribution in [0.15, 0.2) is 47.5 Å². The topological polar surface area (TPSA) is 84.0 Å². The highest BCUT2D eigenvalue weighted by atomic mass is 16.5. The molecule has 174 valence electrons. The van der Waals surface area contributed by atoms with E-state index in [1.165, 1.54) is 0 Å². The number of carbonyl (C=O) groups is 1. The maximum absolute atomic E-state index is 12.1. The molecule has 0 fully saturated rings. The monoisotopic (exact) mass is 440 g/mol. The average molecular weight is 441 g/mol. The molecule has 0 unspecified atom stereocenters. The van der Waals surface area contributed by atoms with Crippen molar-refractivity contribution in [1.82, 2.24) is 16.0 Å². The van der Waals surface area contributed by atoms with Crippen LogP contribution in [0.25, 0.3) is 0 Å². The first-order valence-corrected chi connectivity index (χ1v) is 11.3. The highest BCUT2D eigenvalue weighted by molar-refractivity contribution is 5.94. The molecule has 0 radical (unpaired) electrons. The zero-order valence-electron chi connectivity index (χ0n) is 19.7. The Balaban J connectivity index is 2.04. The number of ether oxygens (including phenoxy) is 2. The summed E-state index contributed by atoms with van der Waals surface area (Å²) < 4.78 is 11.3. The lowest BCUT2D eigenvalue weighted by Gasteiger charge is -2.15. The maximum atomic E-state index is 12.1. The Morgan fingerprint density at radius 1 is 0.969 bits per heavy atom. The van der Waals surface area contributed by atoms with Crippen molar-refractivity contribution in [2.75, 3.05) is 32.9 Å². The van der Waals surface area contributed by atoms with Crippen molar-refractivity contribution in [3.8, 4) is 5.75 Å². The molecule has 2 rings (SSSR count). The molecule has 7 heteroatoms. The molecule has 0 bridgehead atoms. The van der Waals surface area contributed by atoms with E-state index in [4.69, 9.17) is 9.47 Å². The molecule has 7 nitrogen and oxygen atoms in total. The summed E-state index contributed by atoms with van der Waals surface area (Å²) in [5.74, 6) is 1.49. The Bertz CT molecular complexity index is 883. The van der Waals surface area contributed by atoms with E-state index in [-0.39, 0.29) is 5.91 Å². The summed E-state index contributed by atoms with van der Waals surface area (Å²) in [7, 11) is 0. The summed E-state index contributed by atoms with van der Waals surface area (Å²) in [6.45, 7) is 12.1. The van der Waals surface area contributed by atoms with E-state index < -0.39 is 0 Å². The molecule has 0 saturated heterocycles. The molecule has 0 heterocycles. The van der Waals surface area contributed by atoms with E-state index in [1.54, 1.807) is 0 Å². The average Bonchev–Trinajstić information content (AvgIpc) is 2.80. The molecule has 0 aliphatic carbocycles. The fraction of sp³-hybridized carbons (Fsp3) is 0.440. The second-order valence-corrected chi connectivity index (χ2v) is 7.27. The largest absolute Gasteiger partial charge is 0.491 e. The van der Waals surface area contributed by atoms with Crippen molar-refractivity contribution in [2.24, 2.45) is 4.99 Å². The van der Waals surface area contributed by atoms with Gasteiger partial charge in [0.25, 0.3) is 5.91 Å². The van der Waals surface area contributed by atoms with Gasteiger partial charge in [0, 0.05) is 37.4 Å². The molecule has 32 heavy (non-hydrogen) atoms. The van der Waals surface area contributed by atoms with Crippen molar-refractivity contribution in [3.05, 3.63) is 64.7 Å². The van der Waals surface area contributed by atoms with Crippen LogP contribution in [0.2, 0.25) is 0 Å². The third kappa shape index (κ3) is 8.59. The number of guanidine groups is 1. The van der Waals surface area contributed by atoms with Crippen LogP contribution in [0, 0.1) is 6.92 Å². The predicted octanol–water partition coefficient (Wildman–Crippen LogP) is 3.42. The quantitative estimate of drug-likeness (QED) is 0.268. The van der Waals surface area contributed by atoms with Gasteiger partial charge in [-0.2, -0.15) is 0 Å². The number of hydrogen-bond donors (Lipinski definition) is 3. The molecule has 0 atom stereocenters. The molecular formula is C25H36N4O3. The van der Waals surface area contributed by atoms with Gasteiger partial charge >= 0.3 is 0 Å². The summed E-state index contributed by atoms with van der Waals surface area (Å²) in [4.78, 5) is 16.8. The minimum Gasteiger partial charge on any atom is -0.491 e. The summed E-state index contributed by atoms with van der Waals surface area (Å²) in [6.07, 6.45) is 0. The predicted molar refractivity (Wildman–Crippen MR) is 129 cm³/mol. The Labute approximate surface area is 191 Å². The standard InChI is InChI=1S/C25H36N4O3/c1-5-26-24(30)21-10-8-9-20(16-21)17-28-25(27-6-2)29-18-22-12-11-19(4)15-23(22)32-14-13-31-7-3/h8-12,15-16H,5-7,13-14,17-18H2,1-4H3,(H,26,30)(H2,27,28,29). The summed E-state index contributed by atoms with van der Waals surface area (Å²) >= 11 is 0. The number of nitrogens with one attached hydrogen (secondary N) is 3. The summed E-state index contributed by atoms with van der Waals surface area (Å²) in [5, 5.41) is 9.47. The SMILES string of the molecule is CCNC(=O)c1cccc(CN=C(NCC)NCc2ccc(C)cc2OCCOCC)c1. The minimum absolute atomic E-state index is 0.0698. The number of carbonyl (C=O) groups excluding carboxylic acids is 1. The van der Waals surface area contributed by atoms with E-state index >= 15 is 0 Å². The van der Waals surface area contributed by atoms with Gasteiger partial charge in [-0.15, -0.1) is 0 Å². The van der Waals surface area contributed by atoms with Gasteiger partial charge in [-0.05, 0) is 57.0 Å². The van der Waals surface area contributed by atoms with Gasteiger partial charge in [-0.25, -0.2) is 4.99 Å². The highest BCUT2D eigenvalue weighted by Crippen LogP contribution is 2.20. The van der Waals surface area contributed by atoms with E-state index in [2.05, 4.69) is 33.1 Å². The van der Waals surface area contributed by atoms with Gasteiger partial charge in [-0.1, -0.05) is 24.3 Å². The molecule has 0 saturated carbocycles. The van der Waals surface area contributed by atoms with E-state index in [9.17, 15) is 4.79 Å². The van der Waals surface area contributed by atoms with Gasteiger partial charge in [0.15, 0.2) is 5.96 Å². The first-order valence-electron chi connectivity index (χ1n) is 11.3. The van der Waals surface area contributed by atoms with Gasteiger partial charge < -0.3 is 25.4 Å². The van der Waals surface area contributed by atoms with Crippen molar-refractivity contribution in [2.45, 2.75) is 40.8 Å². The summed E-state index contributed by atoms with van der Waals surface area (Å²) in [5.41, 5.74) is 3.82. The Morgan fingerprint density at radius 3 is 2.53 bits per heavy atom. The lowest BCUT2D eigenvalue weighted by atomic mass is 10.1. The van der Waals surface area contributed by atoms with Crippen molar-refractivity contribution >= 4 is 11.9 Å². The second kappa shape index (κ2) is 14.1. The lowest BCUT2D eigenvalue weighted by Crippen LogP contribution is -2.36. The third-order valence-electron chi connectivity index (χ3n) is 4.65. The van der Waals surface area contributed by atoms with Crippen molar-refractivity contribution in [3.63, 3.8) is 0 Å². The van der Waals surface area contributed by atoms with Gasteiger partial charge in [0.2, 0.25) is 0 Å². The van der Waals surface area contributed by atoms with Crippen LogP contribution < -0.4 is 20.7 Å². The molecule has 2 aromatic rings. The van der Waals surface area contributed by atoms with Crippen LogP contribution in [0.1, 0.15) is 47.8 Å². The Morgan fingerprint density at radius 2 is 1.78 bits per heavy atom. The zero-order chi connectivity index (χ0) is 23.2. The van der Waals surface area contributed by atoms with E-state index in [1.807, 2.05) is 58.0 Å². The molecule has 0 aliphatic rings. The van der Waals surface area contributed by atoms with Gasteiger partial charge in [0.05, 0.1) is 13.2 Å². The zero-order valence-corrected chi connectivity index (χ0v) is 19.7. The van der Waals surface area contributed by atoms with Crippen LogP contribution in [0.5, 0.6) is 5.75 Å². The first kappa shape index (κ1) is 25.2. The maximum Gasteiger partial charge on any atom is 0.251 e. The lowest BCUT2D eigenvalue weighted by molar-refractivity contribution is 0.0955. The first-order chi connectivity index (χ1) is 15.6. The number of nitrogens with zero attached hydrogens (tertiary/aromatic N) is 1. The highest BCUT2D eigenvalue weighted by Gasteiger charge is 2.07. The molecule has 3 N–H and O–H groups in total. The molecule has 1 amide bonds. The molecule has 0 aromatic heterocycles. The molecule has 0 aliphatic heterocycles. The van der Waals surface area contributed by atoms with Crippen LogP contribution in [0.4, 0.5) is 0 Å². The minimum atomic E-state index is -0.0698. The molecular weight excluding hydrogens is 404 g/mol. The Hall–Kier alpha value is -3.06. The summed E-state index contributed by atoms with van der Waals surface area (Å²) in [6, 6.07) is 13.7. The smallest absolute Gasteiger partial charge is 0.251 e. The van der Waals surface area contributed by atoms with Crippen molar-refractivity contribution in [1.29, 1.82) is 0 Å². The fourth-order valence-corrected chi connectivity index (χ4v) is 3.06. The van der Waals surface area contributed by atoms with Crippen molar-refractivity contribution < 1.29 is 14.3 Å². The number of aryl methyl sites for hydroxylation is 1. The number of amides is 1. The van der Waals surface area contributed by atoms with E-state index in [0.29, 0.717) is 51.0 Å². The third-order valence-corrected chi connectivity index (χ3v) is 4.65. The Kier molecular flexibility index (Phi) is 11.1. The molecule has 0 spiro atoms. The number of benzene rings is 2. The van der Waals surface area contributed by atoms with Crippen LogP contribution in [0.3, 0.4) is 0 Å². The van der Waals surface area contributed by atoms with Gasteiger partial charge in [0.1, 0.15) is 12.4 Å². The molecule has 2 aromatic carbocycles. The number of hydrogen-bond acceptors (Lipinski definition) is 4. The van der Waals surface area contributed by atoms with Gasteiger partial charge in [-0.3, -0.25) is 4.79 Å².